The summed E-state index contributed by atoms with van der Waals surface area (Å²) in [6, 6.07) is 11.4. The molecule has 3 aromatic rings. The Kier molecular flexibility index (Phi) is 5.71. The van der Waals surface area contributed by atoms with Gasteiger partial charge in [0.15, 0.2) is 0 Å². The van der Waals surface area contributed by atoms with E-state index in [9.17, 15) is 9.59 Å². The fourth-order valence-corrected chi connectivity index (χ4v) is 3.61. The van der Waals surface area contributed by atoms with Gasteiger partial charge in [0.1, 0.15) is 5.82 Å². The van der Waals surface area contributed by atoms with Gasteiger partial charge in [0.2, 0.25) is 0 Å². The van der Waals surface area contributed by atoms with Crippen molar-refractivity contribution < 1.29 is 9.53 Å². The lowest BCUT2D eigenvalue weighted by Gasteiger charge is -2.18. The van der Waals surface area contributed by atoms with Crippen molar-refractivity contribution >= 4 is 51.6 Å². The van der Waals surface area contributed by atoms with E-state index in [1.807, 2.05) is 12.1 Å². The number of fused-ring (bicyclic) bond motifs is 1. The van der Waals surface area contributed by atoms with Crippen LogP contribution in [0, 0.1) is 0 Å². The van der Waals surface area contributed by atoms with Crippen LogP contribution in [0.3, 0.4) is 0 Å². The highest BCUT2D eigenvalue weighted by molar-refractivity contribution is 6.42. The number of rotatable bonds is 4. The molecule has 1 saturated heterocycles. The average molecular weight is 433 g/mol. The molecule has 0 radical (unpaired) electrons. The van der Waals surface area contributed by atoms with Crippen molar-refractivity contribution in [2.45, 2.75) is 25.5 Å². The Morgan fingerprint density at radius 1 is 1.17 bits per heavy atom. The number of hydrogen-bond acceptors (Lipinski definition) is 4. The molecule has 7 nitrogen and oxygen atoms in total. The maximum Gasteiger partial charge on any atom is 0.349 e. The smallest absolute Gasteiger partial charge is 0.349 e. The molecular weight excluding hydrogens is 415 g/mol. The molecule has 2 aromatic carbocycles. The summed E-state index contributed by atoms with van der Waals surface area (Å²) >= 11 is 11.9. The molecule has 0 unspecified atom stereocenters. The summed E-state index contributed by atoms with van der Waals surface area (Å²) in [4.78, 5) is 29.5. The van der Waals surface area contributed by atoms with Crippen LogP contribution in [0.5, 0.6) is 0 Å². The molecule has 2 amide bonds. The highest BCUT2D eigenvalue weighted by Crippen LogP contribution is 2.26. The number of aromatic nitrogens is 2. The lowest BCUT2D eigenvalue weighted by atomic mass is 10.2. The van der Waals surface area contributed by atoms with E-state index in [1.54, 1.807) is 30.3 Å². The van der Waals surface area contributed by atoms with Crippen LogP contribution in [0.1, 0.15) is 12.8 Å². The van der Waals surface area contributed by atoms with Crippen LogP contribution in [0.15, 0.2) is 47.3 Å². The van der Waals surface area contributed by atoms with E-state index in [4.69, 9.17) is 27.9 Å². The van der Waals surface area contributed by atoms with Gasteiger partial charge in [0.05, 0.1) is 28.2 Å². The third kappa shape index (κ3) is 4.37. The summed E-state index contributed by atoms with van der Waals surface area (Å²) in [6.07, 6.45) is 1.71. The van der Waals surface area contributed by atoms with Crippen LogP contribution >= 0.6 is 23.2 Å². The minimum absolute atomic E-state index is 0.0886. The van der Waals surface area contributed by atoms with Crippen molar-refractivity contribution in [1.82, 2.24) is 9.55 Å². The summed E-state index contributed by atoms with van der Waals surface area (Å²) in [5.41, 5.74) is 0.540. The van der Waals surface area contributed by atoms with Crippen LogP contribution in [0.2, 0.25) is 10.0 Å². The highest BCUT2D eigenvalue weighted by Gasteiger charge is 2.21. The van der Waals surface area contributed by atoms with Gasteiger partial charge in [-0.25, -0.2) is 9.59 Å². The van der Waals surface area contributed by atoms with Crippen LogP contribution in [-0.2, 0) is 11.3 Å². The first-order chi connectivity index (χ1) is 14.0. The van der Waals surface area contributed by atoms with E-state index in [0.717, 1.165) is 12.8 Å². The number of carbonyl (C=O) groups is 1. The van der Waals surface area contributed by atoms with E-state index in [0.29, 0.717) is 45.6 Å². The van der Waals surface area contributed by atoms with Crippen molar-refractivity contribution in [2.75, 3.05) is 17.2 Å². The molecule has 2 N–H and O–H groups in total. The van der Waals surface area contributed by atoms with Gasteiger partial charge < -0.3 is 10.1 Å². The molecule has 1 aliphatic heterocycles. The SMILES string of the molecule is O=C(Nc1ccc(Cl)c(Cl)c1)Nc1c2ccccc2nc(=O)n1C[C@H]1CCCO1. The lowest BCUT2D eigenvalue weighted by Crippen LogP contribution is -2.33. The van der Waals surface area contributed by atoms with Gasteiger partial charge in [-0.05, 0) is 43.2 Å². The molecule has 2 heterocycles. The minimum Gasteiger partial charge on any atom is -0.376 e. The molecule has 1 aromatic heterocycles. The third-order valence-corrected chi connectivity index (χ3v) is 5.43. The Balaban J connectivity index is 1.67. The summed E-state index contributed by atoms with van der Waals surface area (Å²) < 4.78 is 7.11. The third-order valence-electron chi connectivity index (χ3n) is 4.70. The zero-order valence-corrected chi connectivity index (χ0v) is 16.8. The second-order valence-corrected chi connectivity index (χ2v) is 7.53. The second kappa shape index (κ2) is 8.41. The average Bonchev–Trinajstić information content (AvgIpc) is 3.20. The first kappa shape index (κ1) is 19.7. The molecular formula is C20H18Cl2N4O3. The zero-order chi connectivity index (χ0) is 20.4. The zero-order valence-electron chi connectivity index (χ0n) is 15.3. The lowest BCUT2D eigenvalue weighted by molar-refractivity contribution is 0.0964. The van der Waals surface area contributed by atoms with Gasteiger partial charge in [-0.1, -0.05) is 35.3 Å². The van der Waals surface area contributed by atoms with Gasteiger partial charge in [-0.15, -0.1) is 0 Å². The largest absolute Gasteiger partial charge is 0.376 e. The Hall–Kier alpha value is -2.61. The fraction of sp³-hybridized carbons (Fsp3) is 0.250. The molecule has 0 bridgehead atoms. The predicted octanol–water partition coefficient (Wildman–Crippen LogP) is 4.53. The van der Waals surface area contributed by atoms with Gasteiger partial charge >= 0.3 is 11.7 Å². The number of amides is 2. The number of hydrogen-bond donors (Lipinski definition) is 2. The minimum atomic E-state index is -0.514. The second-order valence-electron chi connectivity index (χ2n) is 6.71. The number of benzene rings is 2. The van der Waals surface area contributed by atoms with Crippen LogP contribution in [0.25, 0.3) is 10.9 Å². The van der Waals surface area contributed by atoms with Gasteiger partial charge in [-0.3, -0.25) is 9.88 Å². The van der Waals surface area contributed by atoms with E-state index >= 15 is 0 Å². The summed E-state index contributed by atoms with van der Waals surface area (Å²) in [5, 5.41) is 6.88. The quantitative estimate of drug-likeness (QED) is 0.634. The van der Waals surface area contributed by atoms with Crippen molar-refractivity contribution in [2.24, 2.45) is 0 Å². The van der Waals surface area contributed by atoms with Gasteiger partial charge in [-0.2, -0.15) is 4.98 Å². The highest BCUT2D eigenvalue weighted by atomic mass is 35.5. The fourth-order valence-electron chi connectivity index (χ4n) is 3.32. The van der Waals surface area contributed by atoms with Crippen LogP contribution < -0.4 is 16.3 Å². The molecule has 1 atom stereocenters. The Morgan fingerprint density at radius 3 is 2.76 bits per heavy atom. The Morgan fingerprint density at radius 2 is 2.00 bits per heavy atom. The number of carbonyl (C=O) groups excluding carboxylic acids is 1. The molecule has 9 heteroatoms. The molecule has 1 fully saturated rings. The van der Waals surface area contributed by atoms with Crippen LogP contribution in [-0.4, -0.2) is 28.3 Å². The molecule has 0 aliphatic carbocycles. The van der Waals surface area contributed by atoms with E-state index < -0.39 is 11.7 Å². The first-order valence-electron chi connectivity index (χ1n) is 9.15. The normalized spacial score (nSPS) is 16.1. The van der Waals surface area contributed by atoms with Crippen LogP contribution in [0.4, 0.5) is 16.3 Å². The van der Waals surface area contributed by atoms with Crippen molar-refractivity contribution in [3.8, 4) is 0 Å². The number of halogens is 2. The number of nitrogens with zero attached hydrogens (tertiary/aromatic N) is 2. The number of ether oxygens (including phenoxy) is 1. The first-order valence-corrected chi connectivity index (χ1v) is 9.91. The number of urea groups is 1. The number of nitrogens with one attached hydrogen (secondary N) is 2. The topological polar surface area (TPSA) is 85.3 Å². The molecule has 0 saturated carbocycles. The van der Waals surface area contributed by atoms with Crippen molar-refractivity contribution in [3.63, 3.8) is 0 Å². The van der Waals surface area contributed by atoms with Gasteiger partial charge in [0.25, 0.3) is 0 Å². The maximum absolute atomic E-state index is 12.7. The molecule has 29 heavy (non-hydrogen) atoms. The number of para-hydroxylation sites is 1. The van der Waals surface area contributed by atoms with E-state index in [2.05, 4.69) is 15.6 Å². The molecule has 0 spiro atoms. The summed E-state index contributed by atoms with van der Waals surface area (Å²) in [6.45, 7) is 0.986. The number of anilines is 2. The molecule has 4 rings (SSSR count). The summed E-state index contributed by atoms with van der Waals surface area (Å²) in [7, 11) is 0. The van der Waals surface area contributed by atoms with Crippen molar-refractivity contribution in [3.05, 3.63) is 63.0 Å². The molecule has 150 valence electrons. The van der Waals surface area contributed by atoms with E-state index in [-0.39, 0.29) is 6.10 Å². The van der Waals surface area contributed by atoms with E-state index in [1.165, 1.54) is 4.57 Å². The standard InChI is InChI=1S/C20H18Cl2N4O3/c21-15-8-7-12(10-16(15)22)23-19(27)25-18-14-5-1-2-6-17(14)24-20(28)26(18)11-13-4-3-9-29-13/h1-2,5-8,10,13H,3-4,9,11H2,(H2,23,25,27)/t13-/m1/s1. The maximum atomic E-state index is 12.7. The molecule has 1 aliphatic rings. The Labute approximate surface area is 176 Å². The van der Waals surface area contributed by atoms with Gasteiger partial charge in [0, 0.05) is 17.7 Å². The Bertz CT molecular complexity index is 1130. The van der Waals surface area contributed by atoms with Crippen molar-refractivity contribution in [1.29, 1.82) is 0 Å². The summed E-state index contributed by atoms with van der Waals surface area (Å²) in [5.74, 6) is 0.369. The predicted molar refractivity (Wildman–Crippen MR) is 114 cm³/mol. The monoisotopic (exact) mass is 432 g/mol.